The Morgan fingerprint density at radius 1 is 1.20 bits per heavy atom. The zero-order valence-corrected chi connectivity index (χ0v) is 13.9. The summed E-state index contributed by atoms with van der Waals surface area (Å²) in [6, 6.07) is 8.98. The molecular weight excluding hydrogens is 320 g/mol. The molecule has 3 aromatic rings. The fourth-order valence-electron chi connectivity index (χ4n) is 2.26. The van der Waals surface area contributed by atoms with E-state index in [0.717, 1.165) is 11.4 Å². The molecule has 128 valence electrons. The van der Waals surface area contributed by atoms with Crippen LogP contribution in [-0.2, 0) is 11.8 Å². The molecule has 0 saturated carbocycles. The maximum Gasteiger partial charge on any atom is 0.272 e. The molecule has 2 N–H and O–H groups in total. The van der Waals surface area contributed by atoms with Gasteiger partial charge in [0, 0.05) is 36.5 Å². The van der Waals surface area contributed by atoms with E-state index in [9.17, 15) is 9.59 Å². The third-order valence-corrected chi connectivity index (χ3v) is 3.71. The molecule has 0 fully saturated rings. The molecule has 0 bridgehead atoms. The summed E-state index contributed by atoms with van der Waals surface area (Å²) < 4.78 is 3.47. The topological polar surface area (TPSA) is 93.8 Å². The second kappa shape index (κ2) is 7.00. The monoisotopic (exact) mass is 338 g/mol. The van der Waals surface area contributed by atoms with Crippen molar-refractivity contribution in [2.24, 2.45) is 7.05 Å². The lowest BCUT2D eigenvalue weighted by molar-refractivity contribution is -0.115. The Labute approximate surface area is 144 Å². The van der Waals surface area contributed by atoms with E-state index in [2.05, 4.69) is 20.7 Å². The SMILES string of the molecule is Cc1cc(C(=O)NCC(=O)Nc2ccc(-n3ccnc3)cc2)nn1C. The molecule has 0 saturated heterocycles. The number of imidazole rings is 1. The van der Waals surface area contributed by atoms with Crippen LogP contribution < -0.4 is 10.6 Å². The highest BCUT2D eigenvalue weighted by atomic mass is 16.2. The summed E-state index contributed by atoms with van der Waals surface area (Å²) in [5.41, 5.74) is 2.75. The Morgan fingerprint density at radius 3 is 2.56 bits per heavy atom. The van der Waals surface area contributed by atoms with Crippen molar-refractivity contribution >= 4 is 17.5 Å². The lowest BCUT2D eigenvalue weighted by Gasteiger charge is -2.07. The molecule has 0 atom stereocenters. The van der Waals surface area contributed by atoms with E-state index in [4.69, 9.17) is 0 Å². The normalized spacial score (nSPS) is 10.5. The van der Waals surface area contributed by atoms with Crippen LogP contribution >= 0.6 is 0 Å². The molecule has 0 aliphatic heterocycles. The molecule has 8 nitrogen and oxygen atoms in total. The second-order valence-corrected chi connectivity index (χ2v) is 5.54. The van der Waals surface area contributed by atoms with Crippen LogP contribution in [0.25, 0.3) is 5.69 Å². The number of rotatable bonds is 5. The molecule has 8 heteroatoms. The van der Waals surface area contributed by atoms with Crippen LogP contribution in [0, 0.1) is 6.92 Å². The van der Waals surface area contributed by atoms with Gasteiger partial charge in [-0.3, -0.25) is 14.3 Å². The van der Waals surface area contributed by atoms with Crippen molar-refractivity contribution in [3.05, 3.63) is 60.4 Å². The lowest BCUT2D eigenvalue weighted by Crippen LogP contribution is -2.33. The van der Waals surface area contributed by atoms with E-state index in [-0.39, 0.29) is 24.1 Å². The highest BCUT2D eigenvalue weighted by molar-refractivity contribution is 5.98. The summed E-state index contributed by atoms with van der Waals surface area (Å²) in [7, 11) is 1.76. The van der Waals surface area contributed by atoms with E-state index in [1.54, 1.807) is 42.5 Å². The molecule has 0 spiro atoms. The second-order valence-electron chi connectivity index (χ2n) is 5.54. The minimum absolute atomic E-state index is 0.127. The lowest BCUT2D eigenvalue weighted by atomic mass is 10.2. The molecule has 2 heterocycles. The molecule has 0 unspecified atom stereocenters. The van der Waals surface area contributed by atoms with E-state index in [1.807, 2.05) is 29.8 Å². The minimum Gasteiger partial charge on any atom is -0.342 e. The predicted molar refractivity (Wildman–Crippen MR) is 92.5 cm³/mol. The van der Waals surface area contributed by atoms with Crippen LogP contribution in [0.1, 0.15) is 16.2 Å². The highest BCUT2D eigenvalue weighted by Gasteiger charge is 2.12. The zero-order valence-electron chi connectivity index (χ0n) is 13.9. The van der Waals surface area contributed by atoms with Crippen molar-refractivity contribution in [1.29, 1.82) is 0 Å². The number of nitrogens with zero attached hydrogens (tertiary/aromatic N) is 4. The number of aryl methyl sites for hydroxylation is 2. The number of amides is 2. The Morgan fingerprint density at radius 2 is 1.96 bits per heavy atom. The third-order valence-electron chi connectivity index (χ3n) is 3.71. The molecule has 0 radical (unpaired) electrons. The van der Waals surface area contributed by atoms with E-state index >= 15 is 0 Å². The van der Waals surface area contributed by atoms with Crippen molar-refractivity contribution in [3.63, 3.8) is 0 Å². The van der Waals surface area contributed by atoms with Gasteiger partial charge in [0.05, 0.1) is 12.9 Å². The summed E-state index contributed by atoms with van der Waals surface area (Å²) in [4.78, 5) is 27.9. The molecule has 2 amide bonds. The number of aromatic nitrogens is 4. The number of nitrogens with one attached hydrogen (secondary N) is 2. The van der Waals surface area contributed by atoms with Gasteiger partial charge in [-0.05, 0) is 37.3 Å². The van der Waals surface area contributed by atoms with Crippen LogP contribution in [-0.4, -0.2) is 37.7 Å². The fourth-order valence-corrected chi connectivity index (χ4v) is 2.26. The zero-order chi connectivity index (χ0) is 17.8. The Balaban J connectivity index is 1.53. The number of carbonyl (C=O) groups excluding carboxylic acids is 2. The Bertz CT molecular complexity index is 861. The summed E-state index contributed by atoms with van der Waals surface area (Å²) in [6.07, 6.45) is 5.23. The van der Waals surface area contributed by atoms with Crippen LogP contribution in [0.5, 0.6) is 0 Å². The quantitative estimate of drug-likeness (QED) is 0.733. The first kappa shape index (κ1) is 16.4. The van der Waals surface area contributed by atoms with Crippen molar-refractivity contribution in [3.8, 4) is 5.69 Å². The predicted octanol–water partition coefficient (Wildman–Crippen LogP) is 1.28. The molecule has 0 aliphatic rings. The first-order chi connectivity index (χ1) is 12.0. The average Bonchev–Trinajstić information content (AvgIpc) is 3.24. The molecule has 2 aromatic heterocycles. The summed E-state index contributed by atoms with van der Waals surface area (Å²) in [5.74, 6) is -0.689. The summed E-state index contributed by atoms with van der Waals surface area (Å²) in [5, 5.41) is 9.36. The molecule has 3 rings (SSSR count). The Kier molecular flexibility index (Phi) is 4.60. The van der Waals surface area contributed by atoms with E-state index < -0.39 is 0 Å². The van der Waals surface area contributed by atoms with E-state index in [1.165, 1.54) is 0 Å². The van der Waals surface area contributed by atoms with Gasteiger partial charge >= 0.3 is 0 Å². The molecule has 1 aromatic carbocycles. The highest BCUT2D eigenvalue weighted by Crippen LogP contribution is 2.12. The largest absolute Gasteiger partial charge is 0.342 e. The van der Waals surface area contributed by atoms with Crippen LogP contribution in [0.15, 0.2) is 49.1 Å². The van der Waals surface area contributed by atoms with Gasteiger partial charge in [0.2, 0.25) is 5.91 Å². The summed E-state index contributed by atoms with van der Waals surface area (Å²) >= 11 is 0. The number of hydrogen-bond donors (Lipinski definition) is 2. The maximum atomic E-state index is 12.0. The van der Waals surface area contributed by atoms with Crippen molar-refractivity contribution in [2.45, 2.75) is 6.92 Å². The van der Waals surface area contributed by atoms with Gasteiger partial charge < -0.3 is 15.2 Å². The minimum atomic E-state index is -0.380. The maximum absolute atomic E-state index is 12.0. The van der Waals surface area contributed by atoms with Gasteiger partial charge in [-0.25, -0.2) is 4.98 Å². The summed E-state index contributed by atoms with van der Waals surface area (Å²) in [6.45, 7) is 1.72. The van der Waals surface area contributed by atoms with Gasteiger partial charge in [-0.2, -0.15) is 5.10 Å². The van der Waals surface area contributed by atoms with Crippen molar-refractivity contribution in [2.75, 3.05) is 11.9 Å². The third kappa shape index (κ3) is 3.92. The van der Waals surface area contributed by atoms with Gasteiger partial charge in [0.25, 0.3) is 5.91 Å². The number of anilines is 1. The van der Waals surface area contributed by atoms with Gasteiger partial charge in [-0.1, -0.05) is 0 Å². The molecule has 25 heavy (non-hydrogen) atoms. The smallest absolute Gasteiger partial charge is 0.272 e. The average molecular weight is 338 g/mol. The number of benzene rings is 1. The number of hydrogen-bond acceptors (Lipinski definition) is 4. The fraction of sp³-hybridized carbons (Fsp3) is 0.176. The van der Waals surface area contributed by atoms with Gasteiger partial charge in [0.15, 0.2) is 0 Å². The van der Waals surface area contributed by atoms with Gasteiger partial charge in [0.1, 0.15) is 5.69 Å². The van der Waals surface area contributed by atoms with E-state index in [0.29, 0.717) is 5.69 Å². The standard InChI is InChI=1S/C17H18N6O2/c1-12-9-15(21-22(12)2)17(25)19-10-16(24)20-13-3-5-14(6-4-13)23-8-7-18-11-23/h3-9,11H,10H2,1-2H3,(H,19,25)(H,20,24). The van der Waals surface area contributed by atoms with Crippen LogP contribution in [0.2, 0.25) is 0 Å². The van der Waals surface area contributed by atoms with Crippen molar-refractivity contribution < 1.29 is 9.59 Å². The van der Waals surface area contributed by atoms with Crippen LogP contribution in [0.3, 0.4) is 0 Å². The van der Waals surface area contributed by atoms with Gasteiger partial charge in [-0.15, -0.1) is 0 Å². The van der Waals surface area contributed by atoms with Crippen molar-refractivity contribution in [1.82, 2.24) is 24.6 Å². The Hall–Kier alpha value is -3.42. The van der Waals surface area contributed by atoms with Crippen LogP contribution in [0.4, 0.5) is 5.69 Å². The molecule has 0 aliphatic carbocycles. The first-order valence-electron chi connectivity index (χ1n) is 7.70. The molecular formula is C17H18N6O2. The number of carbonyl (C=O) groups is 2. The first-order valence-corrected chi connectivity index (χ1v) is 7.70.